The van der Waals surface area contributed by atoms with Gasteiger partial charge in [-0.2, -0.15) is 0 Å². The Bertz CT molecular complexity index is 163. The zero-order chi connectivity index (χ0) is 8.10. The molecule has 1 unspecified atom stereocenters. The van der Waals surface area contributed by atoms with Crippen molar-refractivity contribution in [2.45, 2.75) is 39.5 Å². The van der Waals surface area contributed by atoms with E-state index in [1.54, 1.807) is 0 Å². The molecule has 0 aliphatic heterocycles. The third kappa shape index (κ3) is 2.53. The van der Waals surface area contributed by atoms with E-state index in [4.69, 9.17) is 0 Å². The van der Waals surface area contributed by atoms with Crippen LogP contribution in [0.1, 0.15) is 39.5 Å². The van der Waals surface area contributed by atoms with Gasteiger partial charge in [0.15, 0.2) is 0 Å². The highest BCUT2D eigenvalue weighted by atomic mass is 14.1. The van der Waals surface area contributed by atoms with E-state index in [1.165, 1.54) is 24.8 Å². The number of hydrogen-bond donors (Lipinski definition) is 0. The Morgan fingerprint density at radius 1 is 1.64 bits per heavy atom. The van der Waals surface area contributed by atoms with Gasteiger partial charge in [-0.1, -0.05) is 38.8 Å². The Morgan fingerprint density at radius 3 is 3.00 bits per heavy atom. The minimum atomic E-state index is 0.730. The van der Waals surface area contributed by atoms with Crippen molar-refractivity contribution in [2.24, 2.45) is 5.92 Å². The first kappa shape index (κ1) is 8.58. The Kier molecular flexibility index (Phi) is 3.41. The SMILES string of the molecule is CCCCC(C)C1=[C]CC=C1. The van der Waals surface area contributed by atoms with Gasteiger partial charge in [0.25, 0.3) is 0 Å². The van der Waals surface area contributed by atoms with Crippen LogP contribution in [0.5, 0.6) is 0 Å². The van der Waals surface area contributed by atoms with E-state index in [0.717, 1.165) is 12.3 Å². The van der Waals surface area contributed by atoms with Crippen LogP contribution < -0.4 is 0 Å². The molecule has 0 N–H and O–H groups in total. The van der Waals surface area contributed by atoms with Crippen LogP contribution in [0.15, 0.2) is 17.7 Å². The third-order valence-corrected chi connectivity index (χ3v) is 2.24. The first-order valence-electron chi connectivity index (χ1n) is 4.62. The molecular formula is C11H17. The van der Waals surface area contributed by atoms with Gasteiger partial charge in [-0.05, 0) is 30.4 Å². The molecule has 0 amide bonds. The number of rotatable bonds is 4. The summed E-state index contributed by atoms with van der Waals surface area (Å²) in [4.78, 5) is 0. The molecule has 0 heterocycles. The van der Waals surface area contributed by atoms with Gasteiger partial charge < -0.3 is 0 Å². The van der Waals surface area contributed by atoms with Crippen LogP contribution >= 0.6 is 0 Å². The lowest BCUT2D eigenvalue weighted by atomic mass is 9.96. The average Bonchev–Trinajstić information content (AvgIpc) is 2.52. The lowest BCUT2D eigenvalue weighted by molar-refractivity contribution is 0.580. The minimum absolute atomic E-state index is 0.730. The van der Waals surface area contributed by atoms with Crippen molar-refractivity contribution >= 4 is 0 Å². The summed E-state index contributed by atoms with van der Waals surface area (Å²) < 4.78 is 0. The maximum atomic E-state index is 3.37. The van der Waals surface area contributed by atoms with Crippen LogP contribution in [0.4, 0.5) is 0 Å². The molecule has 1 aliphatic rings. The second-order valence-corrected chi connectivity index (χ2v) is 3.28. The van der Waals surface area contributed by atoms with E-state index < -0.39 is 0 Å². The first-order chi connectivity index (χ1) is 5.34. The van der Waals surface area contributed by atoms with Crippen LogP contribution in [-0.4, -0.2) is 0 Å². The van der Waals surface area contributed by atoms with Gasteiger partial charge in [0, 0.05) is 0 Å². The summed E-state index contributed by atoms with van der Waals surface area (Å²) in [5, 5.41) is 0. The predicted molar refractivity (Wildman–Crippen MR) is 49.2 cm³/mol. The summed E-state index contributed by atoms with van der Waals surface area (Å²) in [6.45, 7) is 4.54. The zero-order valence-electron chi connectivity index (χ0n) is 7.56. The van der Waals surface area contributed by atoms with Crippen molar-refractivity contribution in [1.29, 1.82) is 0 Å². The second-order valence-electron chi connectivity index (χ2n) is 3.28. The smallest absolute Gasteiger partial charge is 0.00884 e. The number of hydrogen-bond acceptors (Lipinski definition) is 0. The predicted octanol–water partition coefficient (Wildman–Crippen LogP) is 3.50. The fraction of sp³-hybridized carbons (Fsp3) is 0.636. The average molecular weight is 149 g/mol. The van der Waals surface area contributed by atoms with Gasteiger partial charge in [-0.3, -0.25) is 0 Å². The van der Waals surface area contributed by atoms with E-state index in [2.05, 4.69) is 32.1 Å². The molecular weight excluding hydrogens is 132 g/mol. The van der Waals surface area contributed by atoms with Gasteiger partial charge in [-0.25, -0.2) is 0 Å². The molecule has 61 valence electrons. The van der Waals surface area contributed by atoms with Crippen molar-refractivity contribution in [3.05, 3.63) is 23.8 Å². The van der Waals surface area contributed by atoms with Gasteiger partial charge >= 0.3 is 0 Å². The highest BCUT2D eigenvalue weighted by Crippen LogP contribution is 2.22. The Hall–Kier alpha value is -0.520. The van der Waals surface area contributed by atoms with Crippen LogP contribution in [0, 0.1) is 12.0 Å². The first-order valence-corrected chi connectivity index (χ1v) is 4.62. The van der Waals surface area contributed by atoms with Crippen LogP contribution in [0.2, 0.25) is 0 Å². The summed E-state index contributed by atoms with van der Waals surface area (Å²) in [6.07, 6.45) is 12.8. The maximum Gasteiger partial charge on any atom is -0.00884 e. The summed E-state index contributed by atoms with van der Waals surface area (Å²) in [5.41, 5.74) is 1.43. The maximum absolute atomic E-state index is 3.37. The summed E-state index contributed by atoms with van der Waals surface area (Å²) in [6, 6.07) is 0. The van der Waals surface area contributed by atoms with E-state index in [9.17, 15) is 0 Å². The van der Waals surface area contributed by atoms with Gasteiger partial charge in [0.2, 0.25) is 0 Å². The van der Waals surface area contributed by atoms with E-state index >= 15 is 0 Å². The van der Waals surface area contributed by atoms with Crippen molar-refractivity contribution in [2.75, 3.05) is 0 Å². The molecule has 11 heavy (non-hydrogen) atoms. The van der Waals surface area contributed by atoms with E-state index in [-0.39, 0.29) is 0 Å². The Labute approximate surface area is 70.0 Å². The molecule has 0 aromatic heterocycles. The topological polar surface area (TPSA) is 0 Å². The van der Waals surface area contributed by atoms with Crippen molar-refractivity contribution < 1.29 is 0 Å². The lowest BCUT2D eigenvalue weighted by Gasteiger charge is -2.09. The number of unbranched alkanes of at least 4 members (excludes halogenated alkanes) is 1. The fourth-order valence-electron chi connectivity index (χ4n) is 1.43. The molecule has 0 saturated heterocycles. The molecule has 1 radical (unpaired) electrons. The van der Waals surface area contributed by atoms with Gasteiger partial charge in [0.1, 0.15) is 0 Å². The Morgan fingerprint density at radius 2 is 2.45 bits per heavy atom. The summed E-state index contributed by atoms with van der Waals surface area (Å²) in [5.74, 6) is 0.730. The van der Waals surface area contributed by atoms with Gasteiger partial charge in [0.05, 0.1) is 0 Å². The quantitative estimate of drug-likeness (QED) is 0.574. The lowest BCUT2D eigenvalue weighted by Crippen LogP contribution is -1.95. The van der Waals surface area contributed by atoms with Crippen LogP contribution in [-0.2, 0) is 0 Å². The summed E-state index contributed by atoms with van der Waals surface area (Å²) in [7, 11) is 0. The second kappa shape index (κ2) is 4.38. The molecule has 1 rings (SSSR count). The Balaban J connectivity index is 2.29. The monoisotopic (exact) mass is 149 g/mol. The van der Waals surface area contributed by atoms with Crippen LogP contribution in [0.3, 0.4) is 0 Å². The number of allylic oxidation sites excluding steroid dienone is 4. The molecule has 0 fully saturated rings. The minimum Gasteiger partial charge on any atom is -0.0798 e. The highest BCUT2D eigenvalue weighted by molar-refractivity contribution is 5.24. The zero-order valence-corrected chi connectivity index (χ0v) is 7.56. The molecule has 0 saturated carbocycles. The third-order valence-electron chi connectivity index (χ3n) is 2.24. The molecule has 0 aromatic carbocycles. The van der Waals surface area contributed by atoms with Crippen LogP contribution in [0.25, 0.3) is 0 Å². The van der Waals surface area contributed by atoms with E-state index in [0.29, 0.717) is 0 Å². The van der Waals surface area contributed by atoms with Gasteiger partial charge in [-0.15, -0.1) is 0 Å². The fourth-order valence-corrected chi connectivity index (χ4v) is 1.43. The molecule has 0 aromatic rings. The molecule has 0 heteroatoms. The van der Waals surface area contributed by atoms with Crippen molar-refractivity contribution in [3.63, 3.8) is 0 Å². The van der Waals surface area contributed by atoms with Crippen molar-refractivity contribution in [1.82, 2.24) is 0 Å². The van der Waals surface area contributed by atoms with Crippen molar-refractivity contribution in [3.8, 4) is 0 Å². The van der Waals surface area contributed by atoms with E-state index in [1.807, 2.05) is 0 Å². The molecule has 0 spiro atoms. The standard InChI is InChI=1S/C11H17/c1-3-4-7-10(2)11-8-5-6-9-11/h5,8,10H,3-4,6-7H2,1-2H3. The molecule has 0 bridgehead atoms. The molecule has 0 nitrogen and oxygen atoms in total. The molecule has 1 atom stereocenters. The highest BCUT2D eigenvalue weighted by Gasteiger charge is 2.07. The normalized spacial score (nSPS) is 18.5. The summed E-state index contributed by atoms with van der Waals surface area (Å²) >= 11 is 0. The molecule has 1 aliphatic carbocycles. The largest absolute Gasteiger partial charge is 0.0798 e.